The van der Waals surface area contributed by atoms with Crippen molar-refractivity contribution in [3.05, 3.63) is 29.8 Å². The second kappa shape index (κ2) is 5.52. The summed E-state index contributed by atoms with van der Waals surface area (Å²) in [6.45, 7) is 1.96. The molecule has 0 radical (unpaired) electrons. The van der Waals surface area contributed by atoms with E-state index < -0.39 is 0 Å². The van der Waals surface area contributed by atoms with Crippen molar-refractivity contribution in [2.75, 3.05) is 0 Å². The highest BCUT2D eigenvalue weighted by Crippen LogP contribution is 2.24. The SMILES string of the molecule is C[C@H](N)c1ccc(OC2CCCCC2O)cc1. The molecule has 1 fully saturated rings. The molecule has 3 atom stereocenters. The molecule has 1 aliphatic carbocycles. The molecule has 3 N–H and O–H groups in total. The fraction of sp³-hybridized carbons (Fsp3) is 0.571. The number of ether oxygens (including phenoxy) is 1. The molecule has 1 aromatic carbocycles. The molecule has 0 aliphatic heterocycles. The van der Waals surface area contributed by atoms with Crippen molar-refractivity contribution in [1.82, 2.24) is 0 Å². The number of benzene rings is 1. The van der Waals surface area contributed by atoms with Gasteiger partial charge in [0.25, 0.3) is 0 Å². The maximum absolute atomic E-state index is 9.83. The predicted octanol–water partition coefficient (Wildman–Crippen LogP) is 2.39. The molecule has 1 aliphatic rings. The maximum Gasteiger partial charge on any atom is 0.124 e. The summed E-state index contributed by atoms with van der Waals surface area (Å²) in [7, 11) is 0. The van der Waals surface area contributed by atoms with Crippen molar-refractivity contribution >= 4 is 0 Å². The molecule has 0 bridgehead atoms. The van der Waals surface area contributed by atoms with E-state index in [2.05, 4.69) is 0 Å². The van der Waals surface area contributed by atoms with Crippen LogP contribution in [-0.4, -0.2) is 17.3 Å². The summed E-state index contributed by atoms with van der Waals surface area (Å²) in [4.78, 5) is 0. The van der Waals surface area contributed by atoms with Crippen LogP contribution in [0.2, 0.25) is 0 Å². The number of rotatable bonds is 3. The molecule has 0 spiro atoms. The van der Waals surface area contributed by atoms with E-state index in [0.717, 1.165) is 37.0 Å². The van der Waals surface area contributed by atoms with Crippen LogP contribution < -0.4 is 10.5 Å². The molecular weight excluding hydrogens is 214 g/mol. The minimum atomic E-state index is -0.322. The lowest BCUT2D eigenvalue weighted by atomic mass is 9.95. The zero-order valence-electron chi connectivity index (χ0n) is 10.3. The second-order valence-corrected chi connectivity index (χ2v) is 4.87. The summed E-state index contributed by atoms with van der Waals surface area (Å²) < 4.78 is 5.81. The quantitative estimate of drug-likeness (QED) is 0.845. The lowest BCUT2D eigenvalue weighted by Gasteiger charge is -2.28. The fourth-order valence-electron chi connectivity index (χ4n) is 2.24. The Morgan fingerprint density at radius 2 is 1.88 bits per heavy atom. The van der Waals surface area contributed by atoms with Crippen LogP contribution in [0.5, 0.6) is 5.75 Å². The summed E-state index contributed by atoms with van der Waals surface area (Å²) in [5.41, 5.74) is 6.89. The summed E-state index contributed by atoms with van der Waals surface area (Å²) in [5, 5.41) is 9.83. The van der Waals surface area contributed by atoms with Gasteiger partial charge in [0.15, 0.2) is 0 Å². The topological polar surface area (TPSA) is 55.5 Å². The highest BCUT2D eigenvalue weighted by atomic mass is 16.5. The van der Waals surface area contributed by atoms with Gasteiger partial charge in [-0.2, -0.15) is 0 Å². The summed E-state index contributed by atoms with van der Waals surface area (Å²) in [5.74, 6) is 0.820. The summed E-state index contributed by atoms with van der Waals surface area (Å²) in [6, 6.07) is 7.87. The van der Waals surface area contributed by atoms with Gasteiger partial charge in [0.1, 0.15) is 11.9 Å². The van der Waals surface area contributed by atoms with Gasteiger partial charge in [-0.15, -0.1) is 0 Å². The first-order valence-electron chi connectivity index (χ1n) is 6.37. The predicted molar refractivity (Wildman–Crippen MR) is 67.9 cm³/mol. The van der Waals surface area contributed by atoms with Crippen LogP contribution in [0.3, 0.4) is 0 Å². The Bertz CT molecular complexity index is 348. The smallest absolute Gasteiger partial charge is 0.124 e. The van der Waals surface area contributed by atoms with Crippen LogP contribution in [0.4, 0.5) is 0 Å². The van der Waals surface area contributed by atoms with Crippen molar-refractivity contribution in [1.29, 1.82) is 0 Å². The average Bonchev–Trinajstić information content (AvgIpc) is 2.33. The van der Waals surface area contributed by atoms with Crippen LogP contribution >= 0.6 is 0 Å². The molecule has 94 valence electrons. The van der Waals surface area contributed by atoms with E-state index in [1.54, 1.807) is 0 Å². The van der Waals surface area contributed by atoms with Crippen molar-refractivity contribution in [2.45, 2.75) is 50.9 Å². The van der Waals surface area contributed by atoms with E-state index in [4.69, 9.17) is 10.5 Å². The normalized spacial score (nSPS) is 26.5. The Kier molecular flexibility index (Phi) is 4.02. The van der Waals surface area contributed by atoms with Gasteiger partial charge in [-0.1, -0.05) is 18.6 Å². The van der Waals surface area contributed by atoms with E-state index in [-0.39, 0.29) is 18.2 Å². The van der Waals surface area contributed by atoms with E-state index in [0.29, 0.717) is 0 Å². The lowest BCUT2D eigenvalue weighted by molar-refractivity contribution is 0.00686. The molecule has 2 unspecified atom stereocenters. The van der Waals surface area contributed by atoms with E-state index in [9.17, 15) is 5.11 Å². The standard InChI is InChI=1S/C14H21NO2/c1-10(15)11-6-8-12(9-7-11)17-14-5-3-2-4-13(14)16/h6-10,13-14,16H,2-5,15H2,1H3/t10-,13?,14?/m0/s1. The number of nitrogens with two attached hydrogens (primary N) is 1. The highest BCUT2D eigenvalue weighted by Gasteiger charge is 2.24. The molecule has 0 saturated heterocycles. The molecule has 3 heteroatoms. The Morgan fingerprint density at radius 3 is 2.47 bits per heavy atom. The summed E-state index contributed by atoms with van der Waals surface area (Å²) >= 11 is 0. The van der Waals surface area contributed by atoms with Gasteiger partial charge in [-0.25, -0.2) is 0 Å². The van der Waals surface area contributed by atoms with Gasteiger partial charge in [-0.05, 0) is 43.9 Å². The number of hydrogen-bond donors (Lipinski definition) is 2. The molecule has 0 heterocycles. The fourth-order valence-corrected chi connectivity index (χ4v) is 2.24. The van der Waals surface area contributed by atoms with Crippen molar-refractivity contribution in [3.8, 4) is 5.75 Å². The third-order valence-corrected chi connectivity index (χ3v) is 3.36. The van der Waals surface area contributed by atoms with Crippen molar-refractivity contribution < 1.29 is 9.84 Å². The largest absolute Gasteiger partial charge is 0.488 e. The molecule has 1 saturated carbocycles. The van der Waals surface area contributed by atoms with E-state index in [1.165, 1.54) is 0 Å². The van der Waals surface area contributed by atoms with Crippen LogP contribution in [0.25, 0.3) is 0 Å². The highest BCUT2D eigenvalue weighted by molar-refractivity contribution is 5.29. The van der Waals surface area contributed by atoms with Gasteiger partial charge < -0.3 is 15.6 Å². The maximum atomic E-state index is 9.83. The molecule has 0 amide bonds. The van der Waals surface area contributed by atoms with Crippen LogP contribution in [0.1, 0.15) is 44.2 Å². The third-order valence-electron chi connectivity index (χ3n) is 3.36. The first-order chi connectivity index (χ1) is 8.16. The zero-order valence-corrected chi connectivity index (χ0v) is 10.3. The minimum absolute atomic E-state index is 0.0457. The van der Waals surface area contributed by atoms with Gasteiger partial charge in [0.05, 0.1) is 6.10 Å². The first-order valence-corrected chi connectivity index (χ1v) is 6.37. The monoisotopic (exact) mass is 235 g/mol. The Labute approximate surface area is 103 Å². The number of hydrogen-bond acceptors (Lipinski definition) is 3. The zero-order chi connectivity index (χ0) is 12.3. The molecule has 1 aromatic rings. The van der Waals surface area contributed by atoms with Crippen LogP contribution in [0.15, 0.2) is 24.3 Å². The third kappa shape index (κ3) is 3.20. The second-order valence-electron chi connectivity index (χ2n) is 4.87. The molecule has 0 aromatic heterocycles. The first kappa shape index (κ1) is 12.4. The molecule has 3 nitrogen and oxygen atoms in total. The molecular formula is C14H21NO2. The minimum Gasteiger partial charge on any atom is -0.488 e. The summed E-state index contributed by atoms with van der Waals surface area (Å²) in [6.07, 6.45) is 3.66. The number of aliphatic hydroxyl groups excluding tert-OH is 1. The number of aliphatic hydroxyl groups is 1. The average molecular weight is 235 g/mol. The van der Waals surface area contributed by atoms with Crippen LogP contribution in [0, 0.1) is 0 Å². The van der Waals surface area contributed by atoms with E-state index >= 15 is 0 Å². The van der Waals surface area contributed by atoms with Crippen LogP contribution in [-0.2, 0) is 0 Å². The van der Waals surface area contributed by atoms with Gasteiger partial charge in [-0.3, -0.25) is 0 Å². The van der Waals surface area contributed by atoms with Crippen molar-refractivity contribution in [2.24, 2.45) is 5.73 Å². The van der Waals surface area contributed by atoms with Crippen molar-refractivity contribution in [3.63, 3.8) is 0 Å². The van der Waals surface area contributed by atoms with E-state index in [1.807, 2.05) is 31.2 Å². The Balaban J connectivity index is 1.98. The Morgan fingerprint density at radius 1 is 1.24 bits per heavy atom. The van der Waals surface area contributed by atoms with Gasteiger partial charge >= 0.3 is 0 Å². The lowest BCUT2D eigenvalue weighted by Crippen LogP contribution is -2.34. The molecule has 2 rings (SSSR count). The Hall–Kier alpha value is -1.06. The molecule has 17 heavy (non-hydrogen) atoms. The van der Waals surface area contributed by atoms with Gasteiger partial charge in [0, 0.05) is 6.04 Å². The van der Waals surface area contributed by atoms with Gasteiger partial charge in [0.2, 0.25) is 0 Å².